The van der Waals surface area contributed by atoms with Gasteiger partial charge in [-0.15, -0.1) is 11.3 Å². The van der Waals surface area contributed by atoms with Gasteiger partial charge in [-0.25, -0.2) is 4.98 Å². The first-order chi connectivity index (χ1) is 22.0. The first-order valence-corrected chi connectivity index (χ1v) is 16.5. The number of aromatic nitrogens is 1. The highest BCUT2D eigenvalue weighted by Crippen LogP contribution is 2.51. The van der Waals surface area contributed by atoms with Gasteiger partial charge in [0.1, 0.15) is 5.01 Å². The van der Waals surface area contributed by atoms with E-state index in [9.17, 15) is 0 Å². The molecule has 0 spiro atoms. The smallest absolute Gasteiger partial charge is 0.124 e. The van der Waals surface area contributed by atoms with Crippen molar-refractivity contribution < 1.29 is 0 Å². The number of para-hydroxylation sites is 1. The zero-order valence-electron chi connectivity index (χ0n) is 25.6. The van der Waals surface area contributed by atoms with Crippen molar-refractivity contribution >= 4 is 43.1 Å². The predicted octanol–water partition coefficient (Wildman–Crippen LogP) is 12.2. The fraction of sp³-hybridized carbons (Fsp3) is 0.0930. The fourth-order valence-electron chi connectivity index (χ4n) is 7.55. The van der Waals surface area contributed by atoms with E-state index in [1.165, 1.54) is 76.3 Å². The van der Waals surface area contributed by atoms with E-state index in [-0.39, 0.29) is 5.41 Å². The van der Waals surface area contributed by atoms with Crippen LogP contribution in [-0.4, -0.2) is 4.98 Å². The molecule has 0 saturated heterocycles. The molecule has 1 aliphatic rings. The van der Waals surface area contributed by atoms with Gasteiger partial charge in [0.05, 0.1) is 10.2 Å². The van der Waals surface area contributed by atoms with Crippen LogP contribution >= 0.6 is 11.3 Å². The Morgan fingerprint density at radius 1 is 0.511 bits per heavy atom. The van der Waals surface area contributed by atoms with Gasteiger partial charge in [0, 0.05) is 11.0 Å². The van der Waals surface area contributed by atoms with E-state index in [1.54, 1.807) is 11.3 Å². The van der Waals surface area contributed by atoms with E-state index >= 15 is 0 Å². The minimum atomic E-state index is -0.0472. The minimum absolute atomic E-state index is 0.0472. The van der Waals surface area contributed by atoms with Crippen LogP contribution in [0.15, 0.2) is 133 Å². The average Bonchev–Trinajstić information content (AvgIpc) is 3.60. The van der Waals surface area contributed by atoms with E-state index in [2.05, 4.69) is 154 Å². The molecule has 0 N–H and O–H groups in total. The highest BCUT2D eigenvalue weighted by molar-refractivity contribution is 7.21. The molecule has 0 bridgehead atoms. The molecule has 0 amide bonds. The number of benzene rings is 7. The average molecular weight is 594 g/mol. The summed E-state index contributed by atoms with van der Waals surface area (Å²) < 4.78 is 1.22. The second kappa shape index (κ2) is 9.72. The van der Waals surface area contributed by atoms with Gasteiger partial charge in [-0.3, -0.25) is 0 Å². The minimum Gasteiger partial charge on any atom is -0.236 e. The lowest BCUT2D eigenvalue weighted by Crippen LogP contribution is -2.14. The van der Waals surface area contributed by atoms with Gasteiger partial charge in [-0.1, -0.05) is 135 Å². The normalized spacial score (nSPS) is 13.4. The zero-order chi connectivity index (χ0) is 30.3. The van der Waals surface area contributed by atoms with Crippen LogP contribution in [0.5, 0.6) is 0 Å². The molecule has 1 aromatic heterocycles. The molecule has 1 heterocycles. The first kappa shape index (κ1) is 26.4. The second-order valence-electron chi connectivity index (χ2n) is 12.8. The number of nitrogens with zero attached hydrogens (tertiary/aromatic N) is 1. The first-order valence-electron chi connectivity index (χ1n) is 15.6. The summed E-state index contributed by atoms with van der Waals surface area (Å²) in [6, 6.07) is 49.3. The van der Waals surface area contributed by atoms with Crippen molar-refractivity contribution in [1.29, 1.82) is 0 Å². The Bertz CT molecular complexity index is 2430. The molecule has 2 heteroatoms. The third-order valence-electron chi connectivity index (χ3n) is 9.77. The number of thiazole rings is 1. The molecule has 7 aromatic carbocycles. The third kappa shape index (κ3) is 3.96. The largest absolute Gasteiger partial charge is 0.236 e. The van der Waals surface area contributed by atoms with Crippen LogP contribution in [0.3, 0.4) is 0 Å². The topological polar surface area (TPSA) is 12.9 Å². The molecule has 214 valence electrons. The summed E-state index contributed by atoms with van der Waals surface area (Å²) in [5.41, 5.74) is 14.1. The van der Waals surface area contributed by atoms with Crippen molar-refractivity contribution in [2.45, 2.75) is 26.2 Å². The summed E-state index contributed by atoms with van der Waals surface area (Å²) in [5, 5.41) is 6.20. The van der Waals surface area contributed by atoms with Crippen LogP contribution in [0.2, 0.25) is 0 Å². The Labute approximate surface area is 267 Å². The van der Waals surface area contributed by atoms with Crippen LogP contribution < -0.4 is 0 Å². The molecular formula is C43H31NS. The fourth-order valence-corrected chi connectivity index (χ4v) is 8.52. The van der Waals surface area contributed by atoms with Gasteiger partial charge in [0.15, 0.2) is 0 Å². The Balaban J connectivity index is 1.26. The Kier molecular flexibility index (Phi) is 5.70. The van der Waals surface area contributed by atoms with Crippen molar-refractivity contribution in [2.75, 3.05) is 0 Å². The molecule has 1 aliphatic carbocycles. The maximum atomic E-state index is 4.91. The summed E-state index contributed by atoms with van der Waals surface area (Å²) in [4.78, 5) is 4.91. The number of hydrogen-bond acceptors (Lipinski definition) is 2. The number of aryl methyl sites for hydroxylation is 1. The van der Waals surface area contributed by atoms with E-state index in [1.807, 2.05) is 0 Å². The number of fused-ring (bicyclic) bond motifs is 6. The summed E-state index contributed by atoms with van der Waals surface area (Å²) in [6.07, 6.45) is 0. The summed E-state index contributed by atoms with van der Waals surface area (Å²) in [7, 11) is 0. The van der Waals surface area contributed by atoms with Gasteiger partial charge >= 0.3 is 0 Å². The Morgan fingerprint density at radius 2 is 1.13 bits per heavy atom. The molecule has 45 heavy (non-hydrogen) atoms. The van der Waals surface area contributed by atoms with Gasteiger partial charge in [-0.2, -0.15) is 0 Å². The van der Waals surface area contributed by atoms with Crippen molar-refractivity contribution in [3.63, 3.8) is 0 Å². The molecule has 0 atom stereocenters. The van der Waals surface area contributed by atoms with E-state index in [0.29, 0.717) is 0 Å². The number of rotatable bonds is 3. The lowest BCUT2D eigenvalue weighted by atomic mass is 9.80. The van der Waals surface area contributed by atoms with Crippen LogP contribution in [-0.2, 0) is 5.41 Å². The van der Waals surface area contributed by atoms with E-state index in [4.69, 9.17) is 4.98 Å². The maximum absolute atomic E-state index is 4.91. The predicted molar refractivity (Wildman–Crippen MR) is 193 cm³/mol. The second-order valence-corrected chi connectivity index (χ2v) is 13.9. The molecule has 0 unspecified atom stereocenters. The molecule has 8 aromatic rings. The van der Waals surface area contributed by atoms with Crippen LogP contribution in [0.1, 0.15) is 30.5 Å². The lowest BCUT2D eigenvalue weighted by Gasteiger charge is -2.23. The summed E-state index contributed by atoms with van der Waals surface area (Å²) in [6.45, 7) is 6.93. The van der Waals surface area contributed by atoms with Crippen LogP contribution in [0.4, 0.5) is 0 Å². The van der Waals surface area contributed by atoms with Crippen LogP contribution in [0.25, 0.3) is 75.7 Å². The monoisotopic (exact) mass is 593 g/mol. The van der Waals surface area contributed by atoms with Crippen molar-refractivity contribution in [3.05, 3.63) is 150 Å². The van der Waals surface area contributed by atoms with Gasteiger partial charge in [-0.05, 0) is 91.2 Å². The van der Waals surface area contributed by atoms with Crippen molar-refractivity contribution in [1.82, 2.24) is 4.98 Å². The number of hydrogen-bond donors (Lipinski definition) is 0. The Morgan fingerprint density at radius 3 is 1.93 bits per heavy atom. The highest BCUT2D eigenvalue weighted by Gasteiger charge is 2.35. The molecule has 0 saturated carbocycles. The maximum Gasteiger partial charge on any atom is 0.124 e. The molecule has 0 fully saturated rings. The third-order valence-corrected chi connectivity index (χ3v) is 10.9. The van der Waals surface area contributed by atoms with Gasteiger partial charge in [0.2, 0.25) is 0 Å². The summed E-state index contributed by atoms with van der Waals surface area (Å²) in [5.74, 6) is 0. The van der Waals surface area contributed by atoms with Gasteiger partial charge in [0.25, 0.3) is 0 Å². The molecule has 1 nitrogen and oxygen atoms in total. The van der Waals surface area contributed by atoms with E-state index in [0.717, 1.165) is 16.1 Å². The van der Waals surface area contributed by atoms with E-state index < -0.39 is 0 Å². The SMILES string of the molecule is Cc1ccc2c(-c3ccc(-c4nc5ccccc5s4)cc3)c3ccccc3c(-c3ccc4c(c3)C(C)(C)c3ccccc3-4)c2c1. The standard InChI is InChI=1S/C43H31NS/c1-26-16-22-34-35(24-26)41(29-21-23-31-30-10-6-7-13-36(30)43(2,3)37(31)25-29)33-12-5-4-11-32(33)40(34)27-17-19-28(20-18-27)42-44-38-14-8-9-15-39(38)45-42/h4-25H,1-3H3. The molecule has 0 aliphatic heterocycles. The quantitative estimate of drug-likeness (QED) is 0.186. The molecule has 0 radical (unpaired) electrons. The molecular weight excluding hydrogens is 563 g/mol. The van der Waals surface area contributed by atoms with Crippen molar-refractivity contribution in [3.8, 4) is 44.0 Å². The Hall–Kier alpha value is -5.05. The van der Waals surface area contributed by atoms with Gasteiger partial charge < -0.3 is 0 Å². The van der Waals surface area contributed by atoms with Crippen molar-refractivity contribution in [2.24, 2.45) is 0 Å². The zero-order valence-corrected chi connectivity index (χ0v) is 26.4. The highest BCUT2D eigenvalue weighted by atomic mass is 32.1. The van der Waals surface area contributed by atoms with Crippen LogP contribution in [0, 0.1) is 6.92 Å². The summed E-state index contributed by atoms with van der Waals surface area (Å²) >= 11 is 1.75. The molecule has 9 rings (SSSR count). The lowest BCUT2D eigenvalue weighted by molar-refractivity contribution is 0.660.